The Bertz CT molecular complexity index is 1400. The lowest BCUT2D eigenvalue weighted by atomic mass is 9.98. The van der Waals surface area contributed by atoms with Crippen molar-refractivity contribution in [2.75, 3.05) is 19.7 Å². The van der Waals surface area contributed by atoms with Gasteiger partial charge in [0.25, 0.3) is 0 Å². The summed E-state index contributed by atoms with van der Waals surface area (Å²) >= 11 is 0. The molecule has 2 aliphatic rings. The van der Waals surface area contributed by atoms with Crippen LogP contribution in [0.15, 0.2) is 72.8 Å². The summed E-state index contributed by atoms with van der Waals surface area (Å²) in [5.74, 6) is -0.924. The maximum atomic E-state index is 12.2. The lowest BCUT2D eigenvalue weighted by Crippen LogP contribution is -2.42. The number of carbonyl (C=O) groups is 2. The summed E-state index contributed by atoms with van der Waals surface area (Å²) in [4.78, 5) is 25.2. The van der Waals surface area contributed by atoms with Crippen LogP contribution in [0, 0.1) is 0 Å². The molecule has 0 aliphatic carbocycles. The van der Waals surface area contributed by atoms with Gasteiger partial charge in [0.2, 0.25) is 5.91 Å². The third-order valence-electron chi connectivity index (χ3n) is 8.74. The maximum Gasteiger partial charge on any atom is 0.303 e. The average molecular weight is 617 g/mol. The molecule has 3 aromatic carbocycles. The van der Waals surface area contributed by atoms with E-state index in [0.29, 0.717) is 32.2 Å². The first kappa shape index (κ1) is 32.8. The molecule has 4 unspecified atom stereocenters. The predicted octanol–water partition coefficient (Wildman–Crippen LogP) is 5.11. The summed E-state index contributed by atoms with van der Waals surface area (Å²) in [6.07, 6.45) is 3.44. The van der Waals surface area contributed by atoms with Crippen LogP contribution in [-0.4, -0.2) is 63.9 Å². The van der Waals surface area contributed by atoms with Gasteiger partial charge in [-0.25, -0.2) is 0 Å². The number of carboxylic acid groups (broad SMARTS) is 1. The zero-order valence-corrected chi connectivity index (χ0v) is 25.6. The van der Waals surface area contributed by atoms with E-state index >= 15 is 0 Å². The number of unbranched alkanes of at least 4 members (excludes halogenated alkanes) is 1. The number of benzene rings is 3. The number of likely N-dealkylation sites (tertiary alicyclic amines) is 1. The monoisotopic (exact) mass is 616 g/mol. The first-order valence-electron chi connectivity index (χ1n) is 15.9. The van der Waals surface area contributed by atoms with Gasteiger partial charge in [0.1, 0.15) is 0 Å². The normalized spacial score (nSPS) is 21.9. The summed E-state index contributed by atoms with van der Waals surface area (Å²) < 4.78 is 13.1. The number of nitrogens with zero attached hydrogens (tertiary/aromatic N) is 1. The van der Waals surface area contributed by atoms with Gasteiger partial charge in [-0.2, -0.15) is 0 Å². The van der Waals surface area contributed by atoms with Gasteiger partial charge in [0.15, 0.2) is 6.29 Å². The molecular weight excluding hydrogens is 572 g/mol. The maximum absolute atomic E-state index is 12.2. The van der Waals surface area contributed by atoms with Gasteiger partial charge in [-0.05, 0) is 66.1 Å². The van der Waals surface area contributed by atoms with Crippen molar-refractivity contribution in [1.82, 2.24) is 10.2 Å². The van der Waals surface area contributed by atoms with Crippen molar-refractivity contribution in [3.8, 4) is 11.1 Å². The predicted molar refractivity (Wildman–Crippen MR) is 170 cm³/mol. The van der Waals surface area contributed by atoms with Crippen molar-refractivity contribution in [2.24, 2.45) is 0 Å². The molecule has 0 saturated carbocycles. The van der Waals surface area contributed by atoms with Crippen molar-refractivity contribution < 1.29 is 34.4 Å². The Labute approximate surface area is 264 Å². The number of nitrogens with one attached hydrogen (secondary N) is 1. The molecular formula is C36H44N2O7. The summed E-state index contributed by atoms with van der Waals surface area (Å²) in [6, 6.07) is 24.3. The summed E-state index contributed by atoms with van der Waals surface area (Å²) in [5.41, 5.74) is 5.88. The van der Waals surface area contributed by atoms with Crippen LogP contribution in [-0.2, 0) is 32.2 Å². The van der Waals surface area contributed by atoms with Crippen molar-refractivity contribution in [1.29, 1.82) is 0 Å². The van der Waals surface area contributed by atoms with E-state index in [1.807, 2.05) is 54.6 Å². The second-order valence-corrected chi connectivity index (χ2v) is 12.0. The second kappa shape index (κ2) is 16.1. The van der Waals surface area contributed by atoms with E-state index in [1.165, 1.54) is 0 Å². The van der Waals surface area contributed by atoms with Crippen LogP contribution >= 0.6 is 0 Å². The Balaban J connectivity index is 1.24. The van der Waals surface area contributed by atoms with Crippen LogP contribution in [0.3, 0.4) is 0 Å². The molecule has 2 aliphatic heterocycles. The van der Waals surface area contributed by atoms with Crippen LogP contribution in [0.5, 0.6) is 0 Å². The molecule has 5 rings (SSSR count). The molecule has 0 bridgehead atoms. The van der Waals surface area contributed by atoms with E-state index in [9.17, 15) is 19.8 Å². The fourth-order valence-corrected chi connectivity index (χ4v) is 6.18. The molecule has 0 radical (unpaired) electrons. The number of carboxylic acids is 1. The van der Waals surface area contributed by atoms with Crippen LogP contribution in [0.1, 0.15) is 79.6 Å². The first-order valence-corrected chi connectivity index (χ1v) is 15.9. The standard InChI is InChI=1S/C36H44N2O7/c39-23-25-10-12-28(13-11-25)33-20-32(22-38-18-4-7-31(38)24-40)44-36(45-33)29-16-14-27(15-17-29)30-6-3-5-26(19-30)21-37-34(41)8-1-2-9-35(42)43/h3,5-6,10-17,19,31-33,36,39-40H,1-2,4,7-9,18,20-24H2,(H,37,41)(H,42,43). The third kappa shape index (κ3) is 9.22. The van der Waals surface area contributed by atoms with Crippen molar-refractivity contribution in [3.05, 3.63) is 95.1 Å². The lowest BCUT2D eigenvalue weighted by Gasteiger charge is -2.38. The van der Waals surface area contributed by atoms with E-state index in [4.69, 9.17) is 14.6 Å². The molecule has 2 saturated heterocycles. The SMILES string of the molecule is O=C(O)CCCCC(=O)NCc1cccc(-c2ccc(C3OC(CN4CCCC4CO)CC(c4ccc(CO)cc4)O3)cc2)c1. The largest absolute Gasteiger partial charge is 0.481 e. The summed E-state index contributed by atoms with van der Waals surface area (Å²) in [7, 11) is 0. The molecule has 1 amide bonds. The molecule has 9 nitrogen and oxygen atoms in total. The van der Waals surface area contributed by atoms with E-state index in [1.54, 1.807) is 0 Å². The smallest absolute Gasteiger partial charge is 0.303 e. The molecule has 0 aromatic heterocycles. The second-order valence-electron chi connectivity index (χ2n) is 12.0. The Hall–Kier alpha value is -3.60. The van der Waals surface area contributed by atoms with Gasteiger partial charge < -0.3 is 30.1 Å². The zero-order valence-electron chi connectivity index (χ0n) is 25.6. The number of ether oxygens (including phenoxy) is 2. The first-order chi connectivity index (χ1) is 21.9. The highest BCUT2D eigenvalue weighted by molar-refractivity contribution is 5.76. The molecule has 4 N–H and O–H groups in total. The number of aliphatic carboxylic acids is 1. The molecule has 9 heteroatoms. The van der Waals surface area contributed by atoms with Crippen LogP contribution in [0.4, 0.5) is 0 Å². The van der Waals surface area contributed by atoms with E-state index in [-0.39, 0.29) is 43.8 Å². The van der Waals surface area contributed by atoms with Gasteiger partial charge >= 0.3 is 5.97 Å². The van der Waals surface area contributed by atoms with Crippen LogP contribution in [0.25, 0.3) is 11.1 Å². The molecule has 3 aromatic rings. The number of aliphatic hydroxyl groups excluding tert-OH is 2. The van der Waals surface area contributed by atoms with Crippen LogP contribution < -0.4 is 5.32 Å². The number of rotatable bonds is 14. The van der Waals surface area contributed by atoms with E-state index in [0.717, 1.165) is 59.3 Å². The van der Waals surface area contributed by atoms with Crippen molar-refractivity contribution in [2.45, 2.75) is 82.6 Å². The van der Waals surface area contributed by atoms with Gasteiger partial charge in [-0.1, -0.05) is 66.7 Å². The zero-order chi connectivity index (χ0) is 31.6. The molecule has 2 fully saturated rings. The Kier molecular flexibility index (Phi) is 11.7. The third-order valence-corrected chi connectivity index (χ3v) is 8.74. The highest BCUT2D eigenvalue weighted by Gasteiger charge is 2.35. The molecule has 4 atom stereocenters. The minimum atomic E-state index is -0.841. The van der Waals surface area contributed by atoms with Gasteiger partial charge in [-0.15, -0.1) is 0 Å². The fraction of sp³-hybridized carbons (Fsp3) is 0.444. The molecule has 0 spiro atoms. The Morgan fingerprint density at radius 2 is 1.62 bits per heavy atom. The summed E-state index contributed by atoms with van der Waals surface area (Å²) in [5, 5.41) is 31.0. The molecule has 240 valence electrons. The minimum absolute atomic E-state index is 0.00223. The van der Waals surface area contributed by atoms with Crippen molar-refractivity contribution >= 4 is 11.9 Å². The molecule has 2 heterocycles. The van der Waals surface area contributed by atoms with Gasteiger partial charge in [0, 0.05) is 44.0 Å². The Morgan fingerprint density at radius 3 is 2.36 bits per heavy atom. The summed E-state index contributed by atoms with van der Waals surface area (Å²) in [6.45, 7) is 2.25. The lowest BCUT2D eigenvalue weighted by molar-refractivity contribution is -0.253. The highest BCUT2D eigenvalue weighted by Crippen LogP contribution is 2.39. The molecule has 45 heavy (non-hydrogen) atoms. The minimum Gasteiger partial charge on any atom is -0.481 e. The quantitative estimate of drug-likeness (QED) is 0.184. The number of aliphatic hydroxyl groups is 2. The fourth-order valence-electron chi connectivity index (χ4n) is 6.18. The van der Waals surface area contributed by atoms with Gasteiger partial charge in [-0.3, -0.25) is 14.5 Å². The van der Waals surface area contributed by atoms with Gasteiger partial charge in [0.05, 0.1) is 25.4 Å². The number of hydrogen-bond acceptors (Lipinski definition) is 7. The number of hydrogen-bond donors (Lipinski definition) is 4. The van der Waals surface area contributed by atoms with Crippen molar-refractivity contribution in [3.63, 3.8) is 0 Å². The van der Waals surface area contributed by atoms with E-state index in [2.05, 4.69) is 28.4 Å². The van der Waals surface area contributed by atoms with E-state index < -0.39 is 12.3 Å². The highest BCUT2D eigenvalue weighted by atomic mass is 16.7. The number of amides is 1. The topological polar surface area (TPSA) is 129 Å². The number of carbonyl (C=O) groups excluding carboxylic acids is 1. The Morgan fingerprint density at radius 1 is 0.867 bits per heavy atom. The average Bonchev–Trinajstić information content (AvgIpc) is 3.52. The van der Waals surface area contributed by atoms with Crippen LogP contribution in [0.2, 0.25) is 0 Å².